The van der Waals surface area contributed by atoms with Crippen LogP contribution in [0.4, 0.5) is 0 Å². The molecule has 0 aromatic rings. The van der Waals surface area contributed by atoms with Gasteiger partial charge in [-0.3, -0.25) is 10.1 Å². The molecule has 4 nitrogen and oxygen atoms in total. The normalized spacial score (nSPS) is 32.9. The third-order valence-corrected chi connectivity index (χ3v) is 5.37. The Labute approximate surface area is 127 Å². The third-order valence-electron chi connectivity index (χ3n) is 5.37. The molecule has 0 aromatic carbocycles. The van der Waals surface area contributed by atoms with Crippen molar-refractivity contribution in [3.05, 3.63) is 0 Å². The van der Waals surface area contributed by atoms with Crippen LogP contribution in [0.2, 0.25) is 0 Å². The standard InChI is InChI=1S/C17H29NO3/c1-2-20-16(19)17(18-14-8-9-14)11-4-5-13(17)10-12-21-15-6-3-7-15/h13-15,18H,2-12H2,1H3. The highest BCUT2D eigenvalue weighted by Gasteiger charge is 2.51. The van der Waals surface area contributed by atoms with Crippen LogP contribution in [0.15, 0.2) is 0 Å². The molecule has 0 heterocycles. The lowest BCUT2D eigenvalue weighted by molar-refractivity contribution is -0.153. The molecule has 3 aliphatic carbocycles. The first kappa shape index (κ1) is 15.3. The van der Waals surface area contributed by atoms with Gasteiger partial charge in [0.2, 0.25) is 0 Å². The SMILES string of the molecule is CCOC(=O)C1(NC2CC2)CCCC1CCOC1CCC1. The fourth-order valence-electron chi connectivity index (χ4n) is 3.75. The zero-order valence-electron chi connectivity index (χ0n) is 13.2. The zero-order valence-corrected chi connectivity index (χ0v) is 13.2. The number of ether oxygens (including phenoxy) is 2. The van der Waals surface area contributed by atoms with Gasteiger partial charge in [0.1, 0.15) is 5.54 Å². The summed E-state index contributed by atoms with van der Waals surface area (Å²) in [6.07, 6.45) is 10.8. The van der Waals surface area contributed by atoms with Crippen LogP contribution in [0, 0.1) is 5.92 Å². The van der Waals surface area contributed by atoms with Crippen LogP contribution in [0.3, 0.4) is 0 Å². The second kappa shape index (κ2) is 6.66. The molecule has 0 bridgehead atoms. The molecule has 3 rings (SSSR count). The first-order valence-electron chi connectivity index (χ1n) is 8.81. The molecule has 2 atom stereocenters. The fraction of sp³-hybridized carbons (Fsp3) is 0.941. The molecule has 0 amide bonds. The lowest BCUT2D eigenvalue weighted by Gasteiger charge is -2.35. The number of esters is 1. The number of rotatable bonds is 8. The number of hydrogen-bond acceptors (Lipinski definition) is 4. The summed E-state index contributed by atoms with van der Waals surface area (Å²) >= 11 is 0. The lowest BCUT2D eigenvalue weighted by atomic mass is 9.84. The van der Waals surface area contributed by atoms with E-state index in [1.807, 2.05) is 6.92 Å². The molecule has 1 N–H and O–H groups in total. The molecule has 21 heavy (non-hydrogen) atoms. The van der Waals surface area contributed by atoms with Crippen LogP contribution in [0.1, 0.15) is 64.7 Å². The van der Waals surface area contributed by atoms with Crippen molar-refractivity contribution in [2.24, 2.45) is 5.92 Å². The monoisotopic (exact) mass is 295 g/mol. The highest BCUT2D eigenvalue weighted by Crippen LogP contribution is 2.41. The summed E-state index contributed by atoms with van der Waals surface area (Å²) in [4.78, 5) is 12.6. The van der Waals surface area contributed by atoms with Crippen molar-refractivity contribution in [1.29, 1.82) is 0 Å². The summed E-state index contributed by atoms with van der Waals surface area (Å²) in [6, 6.07) is 0.530. The number of hydrogen-bond donors (Lipinski definition) is 1. The number of carbonyl (C=O) groups is 1. The van der Waals surface area contributed by atoms with Crippen molar-refractivity contribution in [2.75, 3.05) is 13.2 Å². The quantitative estimate of drug-likeness (QED) is 0.700. The molecule has 3 fully saturated rings. The van der Waals surface area contributed by atoms with Gasteiger partial charge in [0.15, 0.2) is 0 Å². The van der Waals surface area contributed by atoms with Gasteiger partial charge in [0.05, 0.1) is 12.7 Å². The Morgan fingerprint density at radius 3 is 2.62 bits per heavy atom. The summed E-state index contributed by atoms with van der Waals surface area (Å²) in [7, 11) is 0. The molecule has 4 heteroatoms. The van der Waals surface area contributed by atoms with E-state index in [0.717, 1.165) is 32.3 Å². The Kier molecular flexibility index (Phi) is 4.85. The van der Waals surface area contributed by atoms with Crippen molar-refractivity contribution in [3.63, 3.8) is 0 Å². The van der Waals surface area contributed by atoms with Gasteiger partial charge in [-0.2, -0.15) is 0 Å². The predicted molar refractivity (Wildman–Crippen MR) is 81.1 cm³/mol. The fourth-order valence-corrected chi connectivity index (χ4v) is 3.75. The van der Waals surface area contributed by atoms with Gasteiger partial charge in [-0.25, -0.2) is 0 Å². The number of carbonyl (C=O) groups excluding carboxylic acids is 1. The van der Waals surface area contributed by atoms with Gasteiger partial charge >= 0.3 is 5.97 Å². The van der Waals surface area contributed by atoms with E-state index in [9.17, 15) is 4.79 Å². The summed E-state index contributed by atoms with van der Waals surface area (Å²) in [5.74, 6) is 0.347. The molecule has 3 saturated carbocycles. The molecule has 0 aliphatic heterocycles. The van der Waals surface area contributed by atoms with Crippen LogP contribution in [-0.2, 0) is 14.3 Å². The van der Waals surface area contributed by atoms with E-state index in [-0.39, 0.29) is 5.97 Å². The van der Waals surface area contributed by atoms with Gasteiger partial charge in [0.25, 0.3) is 0 Å². The van der Waals surface area contributed by atoms with E-state index >= 15 is 0 Å². The third kappa shape index (κ3) is 3.42. The molecule has 0 spiro atoms. The lowest BCUT2D eigenvalue weighted by Crippen LogP contribution is -2.56. The van der Waals surface area contributed by atoms with Gasteiger partial charge in [-0.1, -0.05) is 6.42 Å². The van der Waals surface area contributed by atoms with Crippen molar-refractivity contribution in [3.8, 4) is 0 Å². The molecule has 2 unspecified atom stereocenters. The minimum atomic E-state index is -0.430. The minimum Gasteiger partial charge on any atom is -0.465 e. The van der Waals surface area contributed by atoms with E-state index in [0.29, 0.717) is 24.7 Å². The topological polar surface area (TPSA) is 47.6 Å². The van der Waals surface area contributed by atoms with Crippen LogP contribution in [0.5, 0.6) is 0 Å². The van der Waals surface area contributed by atoms with E-state index in [2.05, 4.69) is 5.32 Å². The van der Waals surface area contributed by atoms with Crippen molar-refractivity contribution in [2.45, 2.75) is 82.4 Å². The predicted octanol–water partition coefficient (Wildman–Crippen LogP) is 2.80. The summed E-state index contributed by atoms with van der Waals surface area (Å²) < 4.78 is 11.3. The first-order valence-corrected chi connectivity index (χ1v) is 8.81. The van der Waals surface area contributed by atoms with Gasteiger partial charge in [-0.05, 0) is 64.2 Å². The Morgan fingerprint density at radius 1 is 1.19 bits per heavy atom. The Morgan fingerprint density at radius 2 is 2.00 bits per heavy atom. The molecule has 0 radical (unpaired) electrons. The van der Waals surface area contributed by atoms with E-state index < -0.39 is 5.54 Å². The highest BCUT2D eigenvalue weighted by atomic mass is 16.5. The summed E-state index contributed by atoms with van der Waals surface area (Å²) in [6.45, 7) is 3.16. The Balaban J connectivity index is 1.59. The van der Waals surface area contributed by atoms with Crippen molar-refractivity contribution < 1.29 is 14.3 Å². The average molecular weight is 295 g/mol. The molecule has 0 saturated heterocycles. The summed E-state index contributed by atoms with van der Waals surface area (Å²) in [5, 5.41) is 3.64. The van der Waals surface area contributed by atoms with Gasteiger partial charge in [0, 0.05) is 12.6 Å². The average Bonchev–Trinajstić information content (AvgIpc) is 3.13. The molecule has 120 valence electrons. The largest absolute Gasteiger partial charge is 0.465 e. The first-order chi connectivity index (χ1) is 10.2. The van der Waals surface area contributed by atoms with E-state index in [1.165, 1.54) is 32.1 Å². The Hall–Kier alpha value is -0.610. The van der Waals surface area contributed by atoms with Gasteiger partial charge in [-0.15, -0.1) is 0 Å². The molecule has 0 aromatic heterocycles. The summed E-state index contributed by atoms with van der Waals surface area (Å²) in [5.41, 5.74) is -0.430. The van der Waals surface area contributed by atoms with Crippen LogP contribution in [0.25, 0.3) is 0 Å². The molecular formula is C17H29NO3. The molecule has 3 aliphatic rings. The maximum atomic E-state index is 12.6. The molecular weight excluding hydrogens is 266 g/mol. The smallest absolute Gasteiger partial charge is 0.326 e. The second-order valence-corrected chi connectivity index (χ2v) is 6.91. The maximum absolute atomic E-state index is 12.6. The second-order valence-electron chi connectivity index (χ2n) is 6.91. The van der Waals surface area contributed by atoms with Crippen LogP contribution >= 0.6 is 0 Å². The number of nitrogens with one attached hydrogen (secondary N) is 1. The van der Waals surface area contributed by atoms with Crippen LogP contribution < -0.4 is 5.32 Å². The van der Waals surface area contributed by atoms with Crippen molar-refractivity contribution in [1.82, 2.24) is 5.32 Å². The minimum absolute atomic E-state index is 0.0250. The van der Waals surface area contributed by atoms with E-state index in [4.69, 9.17) is 9.47 Å². The van der Waals surface area contributed by atoms with E-state index in [1.54, 1.807) is 0 Å². The van der Waals surface area contributed by atoms with Crippen LogP contribution in [-0.4, -0.2) is 36.9 Å². The maximum Gasteiger partial charge on any atom is 0.326 e. The highest BCUT2D eigenvalue weighted by molar-refractivity contribution is 5.82. The zero-order chi connectivity index (χ0) is 14.7. The van der Waals surface area contributed by atoms with Gasteiger partial charge < -0.3 is 9.47 Å². The Bertz CT molecular complexity index is 365. The van der Waals surface area contributed by atoms with Crippen molar-refractivity contribution >= 4 is 5.97 Å².